The molecule has 0 saturated heterocycles. The number of amides is 1. The lowest BCUT2D eigenvalue weighted by atomic mass is 10.2. The van der Waals surface area contributed by atoms with E-state index < -0.39 is 18.6 Å². The van der Waals surface area contributed by atoms with Crippen LogP contribution in [0.5, 0.6) is 0 Å². The van der Waals surface area contributed by atoms with Gasteiger partial charge in [0.05, 0.1) is 12.7 Å². The Bertz CT molecular complexity index is 429. The molecule has 0 bridgehead atoms. The molecule has 0 heterocycles. The van der Waals surface area contributed by atoms with Crippen molar-refractivity contribution in [2.45, 2.75) is 6.10 Å². The molecular weight excluding hydrogens is 277 g/mol. The lowest BCUT2D eigenvalue weighted by molar-refractivity contribution is -0.117. The number of hydrogen-bond acceptors (Lipinski definition) is 3. The van der Waals surface area contributed by atoms with Crippen molar-refractivity contribution >= 4 is 35.2 Å². The number of carbonyl (C=O) groups excluding carboxylic acids is 1. The zero-order chi connectivity index (χ0) is 13.5. The van der Waals surface area contributed by atoms with Crippen LogP contribution in [0.4, 0.5) is 0 Å². The van der Waals surface area contributed by atoms with Crippen molar-refractivity contribution in [3.05, 3.63) is 39.9 Å². The molecule has 0 aliphatic carbocycles. The summed E-state index contributed by atoms with van der Waals surface area (Å²) >= 11 is 11.8. The minimum absolute atomic E-state index is 0.0179. The fourth-order valence-corrected chi connectivity index (χ4v) is 1.69. The molecule has 1 amide bonds. The van der Waals surface area contributed by atoms with E-state index in [9.17, 15) is 4.79 Å². The fourth-order valence-electron chi connectivity index (χ4n) is 1.17. The Morgan fingerprint density at radius 1 is 1.39 bits per heavy atom. The van der Waals surface area contributed by atoms with Gasteiger partial charge in [0, 0.05) is 28.2 Å². The highest BCUT2D eigenvalue weighted by Crippen LogP contribution is 2.25. The van der Waals surface area contributed by atoms with E-state index in [4.69, 9.17) is 33.4 Å². The first-order valence-corrected chi connectivity index (χ1v) is 5.99. The van der Waals surface area contributed by atoms with Gasteiger partial charge in [-0.15, -0.1) is 0 Å². The summed E-state index contributed by atoms with van der Waals surface area (Å²) in [6, 6.07) is 5.04. The molecule has 1 aromatic rings. The number of aliphatic hydroxyl groups excluding tert-OH is 2. The van der Waals surface area contributed by atoms with Gasteiger partial charge in [-0.2, -0.15) is 0 Å². The number of benzene rings is 1. The highest BCUT2D eigenvalue weighted by Gasteiger charge is 2.04. The van der Waals surface area contributed by atoms with Crippen molar-refractivity contribution in [3.8, 4) is 0 Å². The number of rotatable bonds is 5. The van der Waals surface area contributed by atoms with Gasteiger partial charge >= 0.3 is 0 Å². The largest absolute Gasteiger partial charge is 0.394 e. The lowest BCUT2D eigenvalue weighted by Crippen LogP contribution is -2.32. The first-order valence-electron chi connectivity index (χ1n) is 5.23. The second-order valence-electron chi connectivity index (χ2n) is 3.55. The minimum Gasteiger partial charge on any atom is -0.394 e. The van der Waals surface area contributed by atoms with Crippen LogP contribution in [0.2, 0.25) is 10.0 Å². The van der Waals surface area contributed by atoms with Crippen molar-refractivity contribution in [3.63, 3.8) is 0 Å². The van der Waals surface area contributed by atoms with Crippen LogP contribution in [0.15, 0.2) is 24.3 Å². The predicted octanol–water partition coefficient (Wildman–Crippen LogP) is 1.48. The van der Waals surface area contributed by atoms with Gasteiger partial charge in [0.2, 0.25) is 5.91 Å². The molecule has 1 aromatic carbocycles. The Hall–Kier alpha value is -1.07. The second-order valence-corrected chi connectivity index (χ2v) is 4.36. The van der Waals surface area contributed by atoms with Crippen molar-refractivity contribution < 1.29 is 15.0 Å². The molecule has 0 aliphatic heterocycles. The molecule has 1 unspecified atom stereocenters. The van der Waals surface area contributed by atoms with E-state index in [0.717, 1.165) is 0 Å². The molecule has 0 fully saturated rings. The first-order chi connectivity index (χ1) is 8.54. The van der Waals surface area contributed by atoms with Crippen LogP contribution in [-0.2, 0) is 4.79 Å². The van der Waals surface area contributed by atoms with Crippen molar-refractivity contribution in [2.24, 2.45) is 0 Å². The Labute approximate surface area is 115 Å². The van der Waals surface area contributed by atoms with Crippen LogP contribution < -0.4 is 5.32 Å². The van der Waals surface area contributed by atoms with E-state index in [1.807, 2.05) is 0 Å². The second kappa shape index (κ2) is 7.38. The monoisotopic (exact) mass is 289 g/mol. The van der Waals surface area contributed by atoms with Crippen LogP contribution >= 0.6 is 23.2 Å². The molecule has 18 heavy (non-hydrogen) atoms. The molecule has 3 N–H and O–H groups in total. The minimum atomic E-state index is -0.966. The van der Waals surface area contributed by atoms with E-state index in [0.29, 0.717) is 15.6 Å². The van der Waals surface area contributed by atoms with Crippen LogP contribution in [0.3, 0.4) is 0 Å². The maximum atomic E-state index is 11.4. The number of aliphatic hydroxyl groups is 2. The van der Waals surface area contributed by atoms with E-state index in [-0.39, 0.29) is 6.54 Å². The molecule has 0 aromatic heterocycles. The summed E-state index contributed by atoms with van der Waals surface area (Å²) in [5.41, 5.74) is 0.554. The third-order valence-corrected chi connectivity index (χ3v) is 2.78. The number of hydrogen-bond donors (Lipinski definition) is 3. The molecule has 4 nitrogen and oxygen atoms in total. The van der Waals surface area contributed by atoms with E-state index in [1.54, 1.807) is 18.2 Å². The summed E-state index contributed by atoms with van der Waals surface area (Å²) in [5, 5.41) is 20.9. The zero-order valence-electron chi connectivity index (χ0n) is 9.44. The third-order valence-electron chi connectivity index (χ3n) is 2.12. The normalized spacial score (nSPS) is 12.7. The lowest BCUT2D eigenvalue weighted by Gasteiger charge is -2.06. The van der Waals surface area contributed by atoms with Crippen LogP contribution in [-0.4, -0.2) is 35.4 Å². The summed E-state index contributed by atoms with van der Waals surface area (Å²) < 4.78 is 0. The summed E-state index contributed by atoms with van der Waals surface area (Å²) in [6.45, 7) is -0.420. The molecule has 0 spiro atoms. The van der Waals surface area contributed by atoms with E-state index >= 15 is 0 Å². The van der Waals surface area contributed by atoms with Crippen LogP contribution in [0.25, 0.3) is 6.08 Å². The van der Waals surface area contributed by atoms with Gasteiger partial charge in [0.1, 0.15) is 0 Å². The molecular formula is C12H13Cl2NO3. The topological polar surface area (TPSA) is 69.6 Å². The molecule has 6 heteroatoms. The molecule has 0 saturated carbocycles. The number of halogens is 2. The van der Waals surface area contributed by atoms with Gasteiger partial charge in [0.25, 0.3) is 0 Å². The Morgan fingerprint density at radius 3 is 2.56 bits per heavy atom. The van der Waals surface area contributed by atoms with Gasteiger partial charge in [-0.25, -0.2) is 0 Å². The van der Waals surface area contributed by atoms with Gasteiger partial charge in [0.15, 0.2) is 0 Å². The quantitative estimate of drug-likeness (QED) is 0.719. The average molecular weight is 290 g/mol. The molecule has 1 rings (SSSR count). The van der Waals surface area contributed by atoms with E-state index in [1.165, 1.54) is 12.2 Å². The van der Waals surface area contributed by atoms with Crippen LogP contribution in [0, 0.1) is 0 Å². The van der Waals surface area contributed by atoms with Gasteiger partial charge in [-0.1, -0.05) is 29.3 Å². The standard InChI is InChI=1S/C12H13Cl2NO3/c13-10-2-1-3-11(14)9(10)4-5-12(18)15-6-8(17)7-16/h1-5,8,16-17H,6-7H2,(H,15,18). The fraction of sp³-hybridized carbons (Fsp3) is 0.250. The zero-order valence-corrected chi connectivity index (χ0v) is 10.9. The smallest absolute Gasteiger partial charge is 0.244 e. The molecule has 0 aliphatic rings. The summed E-state index contributed by atoms with van der Waals surface area (Å²) in [5.74, 6) is -0.404. The van der Waals surface area contributed by atoms with Gasteiger partial charge < -0.3 is 15.5 Å². The van der Waals surface area contributed by atoms with E-state index in [2.05, 4.69) is 5.32 Å². The maximum Gasteiger partial charge on any atom is 0.244 e. The summed E-state index contributed by atoms with van der Waals surface area (Å²) in [6.07, 6.45) is 1.79. The Morgan fingerprint density at radius 2 is 2.00 bits per heavy atom. The van der Waals surface area contributed by atoms with Crippen molar-refractivity contribution in [1.29, 1.82) is 0 Å². The highest BCUT2D eigenvalue weighted by atomic mass is 35.5. The molecule has 1 atom stereocenters. The number of nitrogens with one attached hydrogen (secondary N) is 1. The number of carbonyl (C=O) groups is 1. The van der Waals surface area contributed by atoms with Crippen molar-refractivity contribution in [2.75, 3.05) is 13.2 Å². The summed E-state index contributed by atoms with van der Waals surface area (Å²) in [7, 11) is 0. The average Bonchev–Trinajstić information content (AvgIpc) is 2.35. The maximum absolute atomic E-state index is 11.4. The third kappa shape index (κ3) is 4.66. The van der Waals surface area contributed by atoms with Crippen LogP contribution in [0.1, 0.15) is 5.56 Å². The molecule has 0 radical (unpaired) electrons. The van der Waals surface area contributed by atoms with Crippen molar-refractivity contribution in [1.82, 2.24) is 5.32 Å². The Kier molecular flexibility index (Phi) is 6.15. The van der Waals surface area contributed by atoms with Gasteiger partial charge in [-0.05, 0) is 18.2 Å². The SMILES string of the molecule is O=C(C=Cc1c(Cl)cccc1Cl)NCC(O)CO. The van der Waals surface area contributed by atoms with Gasteiger partial charge in [-0.3, -0.25) is 4.79 Å². The highest BCUT2D eigenvalue weighted by molar-refractivity contribution is 6.37. The summed E-state index contributed by atoms with van der Waals surface area (Å²) in [4.78, 5) is 11.4. The first kappa shape index (κ1) is 15.0. The molecule has 98 valence electrons. The Balaban J connectivity index is 2.61. The predicted molar refractivity (Wildman–Crippen MR) is 71.6 cm³/mol.